The average molecular weight is 473 g/mol. The zero-order chi connectivity index (χ0) is 23.6. The van der Waals surface area contributed by atoms with E-state index in [-0.39, 0.29) is 23.8 Å². The van der Waals surface area contributed by atoms with E-state index in [2.05, 4.69) is 47.9 Å². The van der Waals surface area contributed by atoms with Crippen LogP contribution < -0.4 is 14.4 Å². The number of phenolic OH excluding ortho intramolecular Hbond substituents is 1. The summed E-state index contributed by atoms with van der Waals surface area (Å²) in [6, 6.07) is 14.2. The number of hydrogen-bond donors (Lipinski definition) is 2. The van der Waals surface area contributed by atoms with Crippen molar-refractivity contribution in [1.82, 2.24) is 4.72 Å². The number of aromatic hydroxyl groups is 1. The highest BCUT2D eigenvalue weighted by Crippen LogP contribution is 2.50. The van der Waals surface area contributed by atoms with Crippen LogP contribution in [0.3, 0.4) is 0 Å². The number of ether oxygens (including phenoxy) is 1. The Balaban J connectivity index is 1.44. The number of hydrogen-bond acceptors (Lipinski definition) is 5. The number of anilines is 1. The molecular weight excluding hydrogens is 436 g/mol. The van der Waals surface area contributed by atoms with Gasteiger partial charge >= 0.3 is 0 Å². The Bertz CT molecular complexity index is 1060. The fourth-order valence-electron chi connectivity index (χ4n) is 5.56. The normalized spacial score (nSPS) is 23.5. The van der Waals surface area contributed by atoms with Crippen molar-refractivity contribution < 1.29 is 18.3 Å². The topological polar surface area (TPSA) is 78.9 Å². The number of nitrogens with one attached hydrogen (secondary N) is 1. The number of aryl methyl sites for hydroxylation is 1. The van der Waals surface area contributed by atoms with Crippen LogP contribution in [0.5, 0.6) is 11.5 Å². The second-order valence-corrected chi connectivity index (χ2v) is 11.6. The predicted molar refractivity (Wildman–Crippen MR) is 133 cm³/mol. The van der Waals surface area contributed by atoms with Gasteiger partial charge in [0.1, 0.15) is 11.5 Å². The zero-order valence-electron chi connectivity index (χ0n) is 19.8. The largest absolute Gasteiger partial charge is 0.507 e. The number of rotatable bonds is 8. The minimum Gasteiger partial charge on any atom is -0.507 e. The molecule has 0 aromatic heterocycles. The van der Waals surface area contributed by atoms with E-state index in [1.54, 1.807) is 6.07 Å². The molecule has 1 heterocycles. The highest BCUT2D eigenvalue weighted by atomic mass is 32.2. The van der Waals surface area contributed by atoms with E-state index in [1.807, 2.05) is 12.1 Å². The molecule has 2 aliphatic rings. The maximum absolute atomic E-state index is 11.7. The van der Waals surface area contributed by atoms with Crippen LogP contribution in [0.4, 0.5) is 5.69 Å². The molecule has 0 spiro atoms. The van der Waals surface area contributed by atoms with E-state index >= 15 is 0 Å². The van der Waals surface area contributed by atoms with Crippen LogP contribution in [0.25, 0.3) is 0 Å². The van der Waals surface area contributed by atoms with Crippen LogP contribution in [0.2, 0.25) is 0 Å². The van der Waals surface area contributed by atoms with Gasteiger partial charge in [-0.25, -0.2) is 13.1 Å². The molecule has 0 saturated heterocycles. The first-order valence-electron chi connectivity index (χ1n) is 12.0. The van der Waals surface area contributed by atoms with Gasteiger partial charge in [-0.1, -0.05) is 30.3 Å². The minimum absolute atomic E-state index is 0.0471. The minimum atomic E-state index is -3.25. The third-order valence-corrected chi connectivity index (χ3v) is 7.79. The zero-order valence-corrected chi connectivity index (χ0v) is 20.6. The van der Waals surface area contributed by atoms with E-state index in [0.29, 0.717) is 18.1 Å². The van der Waals surface area contributed by atoms with E-state index in [1.165, 1.54) is 11.8 Å². The molecule has 1 saturated carbocycles. The summed E-state index contributed by atoms with van der Waals surface area (Å²) in [5.41, 5.74) is 3.25. The summed E-state index contributed by atoms with van der Waals surface area (Å²) in [6.45, 7) is 2.97. The van der Waals surface area contributed by atoms with Crippen molar-refractivity contribution in [1.29, 1.82) is 0 Å². The Labute approximate surface area is 198 Å². The Morgan fingerprint density at radius 2 is 1.97 bits per heavy atom. The smallest absolute Gasteiger partial charge is 0.208 e. The lowest BCUT2D eigenvalue weighted by molar-refractivity contribution is 0.206. The van der Waals surface area contributed by atoms with Gasteiger partial charge in [0.05, 0.1) is 12.4 Å². The van der Waals surface area contributed by atoms with E-state index < -0.39 is 10.0 Å². The summed E-state index contributed by atoms with van der Waals surface area (Å²) in [6.07, 6.45) is 6.75. The van der Waals surface area contributed by atoms with Crippen LogP contribution in [0.15, 0.2) is 42.5 Å². The van der Waals surface area contributed by atoms with Gasteiger partial charge < -0.3 is 14.7 Å². The Kier molecular flexibility index (Phi) is 7.19. The van der Waals surface area contributed by atoms with E-state index in [0.717, 1.165) is 49.9 Å². The van der Waals surface area contributed by atoms with Gasteiger partial charge in [0, 0.05) is 43.0 Å². The first-order chi connectivity index (χ1) is 15.7. The third-order valence-electron chi connectivity index (χ3n) is 7.03. The molecule has 6 nitrogen and oxygen atoms in total. The molecule has 33 heavy (non-hydrogen) atoms. The lowest BCUT2D eigenvalue weighted by Gasteiger charge is -2.44. The highest BCUT2D eigenvalue weighted by molar-refractivity contribution is 7.88. The summed E-state index contributed by atoms with van der Waals surface area (Å²) >= 11 is 0. The van der Waals surface area contributed by atoms with Crippen LogP contribution in [-0.4, -0.2) is 45.5 Å². The third kappa shape index (κ3) is 6.01. The van der Waals surface area contributed by atoms with Crippen LogP contribution in [0.1, 0.15) is 56.1 Å². The van der Waals surface area contributed by atoms with Gasteiger partial charge in [-0.2, -0.15) is 0 Å². The molecule has 0 bridgehead atoms. The molecule has 0 radical (unpaired) electrons. The van der Waals surface area contributed by atoms with Crippen molar-refractivity contribution in [2.75, 3.05) is 24.7 Å². The van der Waals surface area contributed by atoms with E-state index in [4.69, 9.17) is 4.74 Å². The summed E-state index contributed by atoms with van der Waals surface area (Å²) < 4.78 is 32.4. The fourth-order valence-corrected chi connectivity index (χ4v) is 6.38. The molecule has 4 atom stereocenters. The van der Waals surface area contributed by atoms with Crippen molar-refractivity contribution >= 4 is 15.7 Å². The number of sulfonamides is 1. The second kappa shape index (κ2) is 9.94. The molecule has 2 aromatic rings. The summed E-state index contributed by atoms with van der Waals surface area (Å²) in [5.74, 6) is 1.49. The summed E-state index contributed by atoms with van der Waals surface area (Å²) in [5, 5.41) is 11.0. The Morgan fingerprint density at radius 3 is 2.70 bits per heavy atom. The molecule has 180 valence electrons. The lowest BCUT2D eigenvalue weighted by Crippen LogP contribution is -2.44. The molecule has 1 aliphatic heterocycles. The molecule has 2 N–H and O–H groups in total. The molecule has 2 aromatic carbocycles. The molecule has 1 aliphatic carbocycles. The molecule has 2 unspecified atom stereocenters. The quantitative estimate of drug-likeness (QED) is 0.594. The van der Waals surface area contributed by atoms with Gasteiger partial charge in [-0.05, 0) is 62.8 Å². The number of nitrogens with zero attached hydrogens (tertiary/aromatic N) is 1. The van der Waals surface area contributed by atoms with Gasteiger partial charge in [-0.15, -0.1) is 0 Å². The summed E-state index contributed by atoms with van der Waals surface area (Å²) in [7, 11) is -1.19. The van der Waals surface area contributed by atoms with Crippen molar-refractivity contribution in [2.45, 2.75) is 63.5 Å². The SMILES string of the molecule is CC(CCCc1ccccc1)Oc1cc(O)c2c(c1)N(C)C[C@@H]1CCC(NS(C)(=O)=O)C[C@@H]21. The predicted octanol–water partition coefficient (Wildman–Crippen LogP) is 4.43. The van der Waals surface area contributed by atoms with Crippen molar-refractivity contribution in [3.63, 3.8) is 0 Å². The molecular formula is C26H36N2O4S. The van der Waals surface area contributed by atoms with Gasteiger partial charge in [0.15, 0.2) is 0 Å². The van der Waals surface area contributed by atoms with Gasteiger partial charge in [0.25, 0.3) is 0 Å². The Hall–Kier alpha value is -2.25. The van der Waals surface area contributed by atoms with E-state index in [9.17, 15) is 13.5 Å². The van der Waals surface area contributed by atoms with Crippen LogP contribution in [0, 0.1) is 5.92 Å². The average Bonchev–Trinajstić information content (AvgIpc) is 2.74. The van der Waals surface area contributed by atoms with Crippen molar-refractivity contribution in [3.05, 3.63) is 53.6 Å². The van der Waals surface area contributed by atoms with Crippen LogP contribution >= 0.6 is 0 Å². The number of benzene rings is 2. The number of phenols is 1. The van der Waals surface area contributed by atoms with Crippen molar-refractivity contribution in [2.24, 2.45) is 5.92 Å². The van der Waals surface area contributed by atoms with Crippen LogP contribution in [-0.2, 0) is 16.4 Å². The first-order valence-corrected chi connectivity index (χ1v) is 13.8. The number of fused-ring (bicyclic) bond motifs is 3. The lowest BCUT2D eigenvalue weighted by atomic mass is 9.70. The second-order valence-electron chi connectivity index (χ2n) is 9.83. The highest BCUT2D eigenvalue weighted by Gasteiger charge is 2.39. The summed E-state index contributed by atoms with van der Waals surface area (Å²) in [4.78, 5) is 2.20. The monoisotopic (exact) mass is 472 g/mol. The van der Waals surface area contributed by atoms with Gasteiger partial charge in [0.2, 0.25) is 10.0 Å². The molecule has 0 amide bonds. The van der Waals surface area contributed by atoms with Crippen molar-refractivity contribution in [3.8, 4) is 11.5 Å². The molecule has 7 heteroatoms. The van der Waals surface area contributed by atoms with Gasteiger partial charge in [-0.3, -0.25) is 0 Å². The standard InChI is InChI=1S/C26H36N2O4S/c1-18(8-7-11-19-9-5-4-6-10-19)32-22-15-24-26(25(29)16-22)23-14-21(27-33(3,30)31)13-12-20(23)17-28(24)2/h4-6,9-10,15-16,18,20-21,23,27,29H,7-8,11-14,17H2,1-3H3/t18?,20-,21?,23+/m0/s1. The first kappa shape index (κ1) is 23.9. The molecule has 4 rings (SSSR count). The Morgan fingerprint density at radius 1 is 1.21 bits per heavy atom. The fraction of sp³-hybridized carbons (Fsp3) is 0.538. The maximum Gasteiger partial charge on any atom is 0.208 e. The molecule has 1 fully saturated rings. The maximum atomic E-state index is 11.7.